The first-order valence-electron chi connectivity index (χ1n) is 10.4. The van der Waals surface area contributed by atoms with Crippen LogP contribution in [0.25, 0.3) is 0 Å². The molecule has 5 heteroatoms. The number of hydrogen-bond acceptors (Lipinski definition) is 3. The largest absolute Gasteiger partial charge is 0.350 e. The maximum absolute atomic E-state index is 13.1. The van der Waals surface area contributed by atoms with E-state index in [2.05, 4.69) is 41.8 Å². The van der Waals surface area contributed by atoms with Crippen molar-refractivity contribution in [3.63, 3.8) is 0 Å². The van der Waals surface area contributed by atoms with Crippen molar-refractivity contribution in [2.24, 2.45) is 5.41 Å². The van der Waals surface area contributed by atoms with Gasteiger partial charge in [-0.25, -0.2) is 0 Å². The molecule has 0 radical (unpaired) electrons. The second-order valence-electron chi connectivity index (χ2n) is 9.07. The lowest BCUT2D eigenvalue weighted by atomic mass is 9.76. The molecule has 0 spiro atoms. The van der Waals surface area contributed by atoms with Gasteiger partial charge in [-0.05, 0) is 36.6 Å². The highest BCUT2D eigenvalue weighted by Crippen LogP contribution is 2.32. The fourth-order valence-corrected chi connectivity index (χ4v) is 4.37. The SMILES string of the molecule is Cc1cc(NC(=O)C(C)(C)C)sc1C(=O)NCC(C)(c1ccccc1)c1ccccc1. The summed E-state index contributed by atoms with van der Waals surface area (Å²) in [5.41, 5.74) is 2.28. The Balaban J connectivity index is 1.80. The van der Waals surface area contributed by atoms with Gasteiger partial charge in [-0.1, -0.05) is 81.4 Å². The zero-order valence-electron chi connectivity index (χ0n) is 18.8. The van der Waals surface area contributed by atoms with Crippen LogP contribution in [-0.4, -0.2) is 18.4 Å². The molecule has 0 saturated heterocycles. The van der Waals surface area contributed by atoms with E-state index in [1.165, 1.54) is 11.3 Å². The van der Waals surface area contributed by atoms with E-state index in [9.17, 15) is 9.59 Å². The molecule has 0 saturated carbocycles. The number of benzene rings is 2. The lowest BCUT2D eigenvalue weighted by Crippen LogP contribution is -2.39. The third kappa shape index (κ3) is 5.23. The quantitative estimate of drug-likeness (QED) is 0.517. The van der Waals surface area contributed by atoms with Gasteiger partial charge in [-0.3, -0.25) is 9.59 Å². The first-order valence-corrected chi connectivity index (χ1v) is 11.2. The monoisotopic (exact) mass is 434 g/mol. The van der Waals surface area contributed by atoms with Gasteiger partial charge < -0.3 is 10.6 Å². The van der Waals surface area contributed by atoms with Gasteiger partial charge in [0.25, 0.3) is 5.91 Å². The van der Waals surface area contributed by atoms with Crippen LogP contribution in [0, 0.1) is 12.3 Å². The van der Waals surface area contributed by atoms with Gasteiger partial charge in [-0.2, -0.15) is 0 Å². The molecular formula is C26H30N2O2S. The highest BCUT2D eigenvalue weighted by molar-refractivity contribution is 7.18. The number of hydrogen-bond donors (Lipinski definition) is 2. The number of anilines is 1. The minimum atomic E-state index is -0.493. The highest BCUT2D eigenvalue weighted by atomic mass is 32.1. The standard InChI is InChI=1S/C26H30N2O2S/c1-18-16-21(28-24(30)25(2,3)4)31-22(18)23(29)27-17-26(5,19-12-8-6-9-13-19)20-14-10-7-11-15-20/h6-16H,17H2,1-5H3,(H,27,29)(H,28,30). The van der Waals surface area contributed by atoms with Crippen LogP contribution in [0.5, 0.6) is 0 Å². The molecule has 31 heavy (non-hydrogen) atoms. The maximum Gasteiger partial charge on any atom is 0.261 e. The molecule has 0 aliphatic carbocycles. The molecule has 2 aromatic carbocycles. The summed E-state index contributed by atoms with van der Waals surface area (Å²) in [5.74, 6) is -0.196. The summed E-state index contributed by atoms with van der Waals surface area (Å²) in [6, 6.07) is 22.3. The second kappa shape index (κ2) is 9.06. The van der Waals surface area contributed by atoms with Crippen molar-refractivity contribution >= 4 is 28.2 Å². The Hall–Kier alpha value is -2.92. The third-order valence-electron chi connectivity index (χ3n) is 5.47. The van der Waals surface area contributed by atoms with Crippen LogP contribution in [0.15, 0.2) is 66.7 Å². The van der Waals surface area contributed by atoms with E-state index in [0.29, 0.717) is 16.4 Å². The van der Waals surface area contributed by atoms with Crippen LogP contribution in [-0.2, 0) is 10.2 Å². The van der Waals surface area contributed by atoms with E-state index in [1.807, 2.05) is 70.2 Å². The Labute approximate surface area is 188 Å². The number of rotatable bonds is 6. The fraction of sp³-hybridized carbons (Fsp3) is 0.308. The van der Waals surface area contributed by atoms with Crippen LogP contribution in [0.3, 0.4) is 0 Å². The van der Waals surface area contributed by atoms with Gasteiger partial charge in [-0.15, -0.1) is 11.3 Å². The molecule has 0 bridgehead atoms. The Morgan fingerprint density at radius 1 is 0.871 bits per heavy atom. The van der Waals surface area contributed by atoms with E-state index in [1.54, 1.807) is 0 Å². The molecule has 4 nitrogen and oxygen atoms in total. The van der Waals surface area contributed by atoms with Crippen LogP contribution < -0.4 is 10.6 Å². The molecule has 2 N–H and O–H groups in total. The molecule has 0 aliphatic rings. The van der Waals surface area contributed by atoms with Crippen molar-refractivity contribution in [2.45, 2.75) is 40.0 Å². The summed E-state index contributed by atoms with van der Waals surface area (Å²) in [6.45, 7) is 10.1. The molecule has 0 atom stereocenters. The lowest BCUT2D eigenvalue weighted by Gasteiger charge is -2.31. The van der Waals surface area contributed by atoms with E-state index in [0.717, 1.165) is 16.7 Å². The predicted molar refractivity (Wildman–Crippen MR) is 129 cm³/mol. The van der Waals surface area contributed by atoms with Gasteiger partial charge in [0.1, 0.15) is 0 Å². The molecule has 2 amide bonds. The average Bonchev–Trinajstić information content (AvgIpc) is 3.12. The van der Waals surface area contributed by atoms with Crippen molar-refractivity contribution in [1.29, 1.82) is 0 Å². The normalized spacial score (nSPS) is 11.8. The summed E-state index contributed by atoms with van der Waals surface area (Å²) in [5, 5.41) is 6.75. The van der Waals surface area contributed by atoms with Gasteiger partial charge in [0.15, 0.2) is 0 Å². The van der Waals surface area contributed by atoms with Crippen LogP contribution in [0.2, 0.25) is 0 Å². The van der Waals surface area contributed by atoms with E-state index < -0.39 is 5.41 Å². The van der Waals surface area contributed by atoms with E-state index in [-0.39, 0.29) is 17.2 Å². The molecule has 0 unspecified atom stereocenters. The molecule has 1 heterocycles. The number of thiophene rings is 1. The highest BCUT2D eigenvalue weighted by Gasteiger charge is 2.30. The first kappa shape index (κ1) is 22.8. The minimum Gasteiger partial charge on any atom is -0.350 e. The smallest absolute Gasteiger partial charge is 0.261 e. The molecule has 3 aromatic rings. The number of aryl methyl sites for hydroxylation is 1. The maximum atomic E-state index is 13.1. The van der Waals surface area contributed by atoms with Gasteiger partial charge >= 0.3 is 0 Å². The Kier molecular flexibility index (Phi) is 6.65. The molecule has 0 fully saturated rings. The molecule has 162 valence electrons. The van der Waals surface area contributed by atoms with E-state index >= 15 is 0 Å². The summed E-state index contributed by atoms with van der Waals surface area (Å²) in [4.78, 5) is 26.0. The zero-order valence-corrected chi connectivity index (χ0v) is 19.6. The zero-order chi connectivity index (χ0) is 22.6. The fourth-order valence-electron chi connectivity index (χ4n) is 3.39. The molecule has 0 aliphatic heterocycles. The molecule has 3 rings (SSSR count). The Morgan fingerprint density at radius 2 is 1.39 bits per heavy atom. The number of carbonyl (C=O) groups is 2. The third-order valence-corrected chi connectivity index (χ3v) is 6.62. The van der Waals surface area contributed by atoms with Crippen molar-refractivity contribution in [3.8, 4) is 0 Å². The van der Waals surface area contributed by atoms with Crippen LogP contribution >= 0.6 is 11.3 Å². The molecule has 1 aromatic heterocycles. The van der Waals surface area contributed by atoms with Crippen LogP contribution in [0.1, 0.15) is 54.1 Å². The number of amides is 2. The second-order valence-corrected chi connectivity index (χ2v) is 10.1. The predicted octanol–water partition coefficient (Wildman–Crippen LogP) is 5.78. The van der Waals surface area contributed by atoms with Gasteiger partial charge in [0, 0.05) is 17.4 Å². The average molecular weight is 435 g/mol. The summed E-state index contributed by atoms with van der Waals surface area (Å²) in [7, 11) is 0. The van der Waals surface area contributed by atoms with Gasteiger partial charge in [0.2, 0.25) is 5.91 Å². The number of carbonyl (C=O) groups excluding carboxylic acids is 2. The molecular weight excluding hydrogens is 404 g/mol. The van der Waals surface area contributed by atoms with Crippen LogP contribution in [0.4, 0.5) is 5.00 Å². The summed E-state index contributed by atoms with van der Waals surface area (Å²) < 4.78 is 0. The van der Waals surface area contributed by atoms with Crippen molar-refractivity contribution < 1.29 is 9.59 Å². The van der Waals surface area contributed by atoms with Crippen molar-refractivity contribution in [3.05, 3.63) is 88.3 Å². The van der Waals surface area contributed by atoms with Crippen molar-refractivity contribution in [2.75, 3.05) is 11.9 Å². The number of nitrogens with one attached hydrogen (secondary N) is 2. The van der Waals surface area contributed by atoms with Gasteiger partial charge in [0.05, 0.1) is 9.88 Å². The lowest BCUT2D eigenvalue weighted by molar-refractivity contribution is -0.123. The summed E-state index contributed by atoms with van der Waals surface area (Å²) >= 11 is 1.31. The van der Waals surface area contributed by atoms with Crippen molar-refractivity contribution in [1.82, 2.24) is 5.32 Å². The summed E-state index contributed by atoms with van der Waals surface area (Å²) in [6.07, 6.45) is 0. The van der Waals surface area contributed by atoms with E-state index in [4.69, 9.17) is 0 Å². The topological polar surface area (TPSA) is 58.2 Å². The first-order chi connectivity index (χ1) is 14.6. The Bertz CT molecular complexity index is 1010. The Morgan fingerprint density at radius 3 is 1.87 bits per heavy atom. The minimum absolute atomic E-state index is 0.0681.